The maximum atomic E-state index is 5.88. The van der Waals surface area contributed by atoms with E-state index in [4.69, 9.17) is 21.1 Å². The van der Waals surface area contributed by atoms with Crippen molar-refractivity contribution in [2.24, 2.45) is 0 Å². The molecule has 0 bridgehead atoms. The molecule has 0 radical (unpaired) electrons. The molecule has 0 amide bonds. The summed E-state index contributed by atoms with van der Waals surface area (Å²) in [5, 5.41) is 0.430. The SMILES string of the molecule is Clc1ncccc1OC1CCOCC1. The third kappa shape index (κ3) is 2.36. The summed E-state index contributed by atoms with van der Waals surface area (Å²) >= 11 is 5.88. The number of halogens is 1. The molecule has 0 unspecified atom stereocenters. The van der Waals surface area contributed by atoms with Gasteiger partial charge in [-0.1, -0.05) is 11.6 Å². The number of nitrogens with zero attached hydrogens (tertiary/aromatic N) is 1. The van der Waals surface area contributed by atoms with E-state index >= 15 is 0 Å². The van der Waals surface area contributed by atoms with Gasteiger partial charge in [0.2, 0.25) is 0 Å². The average molecular weight is 214 g/mol. The van der Waals surface area contributed by atoms with Crippen LogP contribution in [0.15, 0.2) is 18.3 Å². The first-order valence-electron chi connectivity index (χ1n) is 4.71. The van der Waals surface area contributed by atoms with Crippen molar-refractivity contribution in [3.05, 3.63) is 23.5 Å². The number of pyridine rings is 1. The molecule has 0 atom stereocenters. The first kappa shape index (κ1) is 9.74. The van der Waals surface area contributed by atoms with Crippen LogP contribution in [0.5, 0.6) is 5.75 Å². The molecule has 2 rings (SSSR count). The van der Waals surface area contributed by atoms with Crippen molar-refractivity contribution in [1.82, 2.24) is 4.98 Å². The Morgan fingerprint density at radius 1 is 1.43 bits per heavy atom. The molecular weight excluding hydrogens is 202 g/mol. The van der Waals surface area contributed by atoms with E-state index in [2.05, 4.69) is 4.98 Å². The van der Waals surface area contributed by atoms with Crippen LogP contribution in [-0.2, 0) is 4.74 Å². The molecule has 1 aliphatic heterocycles. The molecular formula is C10H12ClNO2. The normalized spacial score (nSPS) is 18.1. The lowest BCUT2D eigenvalue weighted by Gasteiger charge is -2.23. The Morgan fingerprint density at radius 3 is 2.93 bits per heavy atom. The fourth-order valence-corrected chi connectivity index (χ4v) is 1.60. The van der Waals surface area contributed by atoms with Crippen LogP contribution >= 0.6 is 11.6 Å². The molecule has 0 aromatic carbocycles. The molecule has 1 saturated heterocycles. The lowest BCUT2D eigenvalue weighted by atomic mass is 10.1. The Hall–Kier alpha value is -0.800. The van der Waals surface area contributed by atoms with E-state index in [1.165, 1.54) is 0 Å². The van der Waals surface area contributed by atoms with Crippen LogP contribution in [0.2, 0.25) is 5.15 Å². The Morgan fingerprint density at radius 2 is 2.21 bits per heavy atom. The summed E-state index contributed by atoms with van der Waals surface area (Å²) in [6.07, 6.45) is 3.71. The monoisotopic (exact) mass is 213 g/mol. The lowest BCUT2D eigenvalue weighted by Crippen LogP contribution is -2.26. The van der Waals surface area contributed by atoms with Crippen molar-refractivity contribution in [2.75, 3.05) is 13.2 Å². The van der Waals surface area contributed by atoms with Crippen LogP contribution in [0.1, 0.15) is 12.8 Å². The Bertz CT molecular complexity index is 300. The molecule has 1 aliphatic rings. The van der Waals surface area contributed by atoms with Gasteiger partial charge in [-0.15, -0.1) is 0 Å². The minimum absolute atomic E-state index is 0.213. The molecule has 0 N–H and O–H groups in total. The first-order chi connectivity index (χ1) is 6.86. The summed E-state index contributed by atoms with van der Waals surface area (Å²) in [6.45, 7) is 1.53. The fourth-order valence-electron chi connectivity index (χ4n) is 1.43. The summed E-state index contributed by atoms with van der Waals surface area (Å²) < 4.78 is 11.0. The van der Waals surface area contributed by atoms with Crippen LogP contribution in [-0.4, -0.2) is 24.3 Å². The highest BCUT2D eigenvalue weighted by Crippen LogP contribution is 2.24. The lowest BCUT2D eigenvalue weighted by molar-refractivity contribution is 0.0254. The van der Waals surface area contributed by atoms with Crippen molar-refractivity contribution in [2.45, 2.75) is 18.9 Å². The molecule has 0 aliphatic carbocycles. The van der Waals surface area contributed by atoms with Gasteiger partial charge in [-0.05, 0) is 12.1 Å². The summed E-state index contributed by atoms with van der Waals surface area (Å²) in [5.41, 5.74) is 0. The van der Waals surface area contributed by atoms with Crippen molar-refractivity contribution in [3.8, 4) is 5.75 Å². The Kier molecular flexibility index (Phi) is 3.22. The largest absolute Gasteiger partial charge is 0.487 e. The molecule has 0 saturated carbocycles. The minimum Gasteiger partial charge on any atom is -0.487 e. The van der Waals surface area contributed by atoms with Crippen LogP contribution in [0.25, 0.3) is 0 Å². The van der Waals surface area contributed by atoms with Gasteiger partial charge in [-0.25, -0.2) is 4.98 Å². The second kappa shape index (κ2) is 4.62. The molecule has 1 aromatic rings. The predicted octanol–water partition coefficient (Wildman–Crippen LogP) is 2.29. The second-order valence-electron chi connectivity index (χ2n) is 3.22. The predicted molar refractivity (Wildman–Crippen MR) is 53.7 cm³/mol. The van der Waals surface area contributed by atoms with Gasteiger partial charge in [-0.3, -0.25) is 0 Å². The highest BCUT2D eigenvalue weighted by Gasteiger charge is 2.16. The van der Waals surface area contributed by atoms with Gasteiger partial charge < -0.3 is 9.47 Å². The van der Waals surface area contributed by atoms with Gasteiger partial charge in [0.05, 0.1) is 13.2 Å². The van der Waals surface area contributed by atoms with Gasteiger partial charge in [0.25, 0.3) is 0 Å². The third-order valence-electron chi connectivity index (χ3n) is 2.19. The number of rotatable bonds is 2. The van der Waals surface area contributed by atoms with E-state index in [0.29, 0.717) is 10.9 Å². The summed E-state index contributed by atoms with van der Waals surface area (Å²) in [5.74, 6) is 0.668. The average Bonchev–Trinajstić information content (AvgIpc) is 2.23. The van der Waals surface area contributed by atoms with E-state index < -0.39 is 0 Å². The van der Waals surface area contributed by atoms with E-state index in [-0.39, 0.29) is 6.10 Å². The Labute approximate surface area is 88.0 Å². The first-order valence-corrected chi connectivity index (χ1v) is 5.09. The van der Waals surface area contributed by atoms with Gasteiger partial charge in [0.15, 0.2) is 10.9 Å². The zero-order chi connectivity index (χ0) is 9.80. The number of hydrogen-bond donors (Lipinski definition) is 0. The number of ether oxygens (including phenoxy) is 2. The van der Waals surface area contributed by atoms with Crippen molar-refractivity contribution in [3.63, 3.8) is 0 Å². The molecule has 1 aromatic heterocycles. The third-order valence-corrected chi connectivity index (χ3v) is 2.47. The van der Waals surface area contributed by atoms with Gasteiger partial charge in [0, 0.05) is 19.0 Å². The molecule has 3 nitrogen and oxygen atoms in total. The smallest absolute Gasteiger partial charge is 0.171 e. The summed E-state index contributed by atoms with van der Waals surface area (Å²) in [7, 11) is 0. The topological polar surface area (TPSA) is 31.4 Å². The van der Waals surface area contributed by atoms with Crippen molar-refractivity contribution >= 4 is 11.6 Å². The summed E-state index contributed by atoms with van der Waals surface area (Å²) in [6, 6.07) is 3.66. The van der Waals surface area contributed by atoms with E-state index in [0.717, 1.165) is 26.1 Å². The van der Waals surface area contributed by atoms with Crippen molar-refractivity contribution < 1.29 is 9.47 Å². The van der Waals surface area contributed by atoms with E-state index in [9.17, 15) is 0 Å². The van der Waals surface area contributed by atoms with Gasteiger partial charge in [0.1, 0.15) is 6.10 Å². The van der Waals surface area contributed by atoms with Gasteiger partial charge >= 0.3 is 0 Å². The van der Waals surface area contributed by atoms with E-state index in [1.807, 2.05) is 12.1 Å². The number of hydrogen-bond acceptors (Lipinski definition) is 3. The van der Waals surface area contributed by atoms with E-state index in [1.54, 1.807) is 6.20 Å². The molecule has 14 heavy (non-hydrogen) atoms. The minimum atomic E-state index is 0.213. The molecule has 0 spiro atoms. The van der Waals surface area contributed by atoms with Gasteiger partial charge in [-0.2, -0.15) is 0 Å². The molecule has 2 heterocycles. The van der Waals surface area contributed by atoms with Crippen molar-refractivity contribution in [1.29, 1.82) is 0 Å². The zero-order valence-electron chi connectivity index (χ0n) is 7.78. The standard InChI is InChI=1S/C10H12ClNO2/c11-10-9(2-1-5-12-10)14-8-3-6-13-7-4-8/h1-2,5,8H,3-4,6-7H2. The molecule has 76 valence electrons. The highest BCUT2D eigenvalue weighted by atomic mass is 35.5. The summed E-state index contributed by atoms with van der Waals surface area (Å²) in [4.78, 5) is 3.95. The number of aromatic nitrogens is 1. The quantitative estimate of drug-likeness (QED) is 0.707. The molecule has 4 heteroatoms. The maximum absolute atomic E-state index is 5.88. The maximum Gasteiger partial charge on any atom is 0.171 e. The molecule has 1 fully saturated rings. The van der Waals surface area contributed by atoms with Crippen LogP contribution in [0.3, 0.4) is 0 Å². The highest BCUT2D eigenvalue weighted by molar-refractivity contribution is 6.30. The fraction of sp³-hybridized carbons (Fsp3) is 0.500. The van der Waals surface area contributed by atoms with Crippen LogP contribution in [0, 0.1) is 0 Å². The second-order valence-corrected chi connectivity index (χ2v) is 3.58. The zero-order valence-corrected chi connectivity index (χ0v) is 8.54. The Balaban J connectivity index is 1.99. The van der Waals surface area contributed by atoms with Crippen LogP contribution < -0.4 is 4.74 Å². The van der Waals surface area contributed by atoms with Crippen LogP contribution in [0.4, 0.5) is 0 Å².